The number of ether oxygens (including phenoxy) is 2. The Morgan fingerprint density at radius 1 is 1.24 bits per heavy atom. The highest BCUT2D eigenvalue weighted by atomic mass is 79.9. The quantitative estimate of drug-likeness (QED) is 0.904. The van der Waals surface area contributed by atoms with Gasteiger partial charge >= 0.3 is 0 Å². The number of hydrogen-bond donors (Lipinski definition) is 1. The fraction of sp³-hybridized carbons (Fsp3) is 0.625. The molecule has 1 fully saturated rings. The van der Waals surface area contributed by atoms with Crippen LogP contribution >= 0.6 is 15.9 Å². The zero-order chi connectivity index (χ0) is 14.8. The molecule has 0 amide bonds. The lowest BCUT2D eigenvalue weighted by molar-refractivity contribution is 0.168. The first-order valence-corrected chi connectivity index (χ1v) is 8.50. The van der Waals surface area contributed by atoms with Crippen molar-refractivity contribution in [1.82, 2.24) is 10.2 Å². The van der Waals surface area contributed by atoms with Crippen molar-refractivity contribution in [3.8, 4) is 11.5 Å². The molecule has 0 spiro atoms. The van der Waals surface area contributed by atoms with E-state index >= 15 is 0 Å². The summed E-state index contributed by atoms with van der Waals surface area (Å²) >= 11 is 3.74. The highest BCUT2D eigenvalue weighted by molar-refractivity contribution is 9.10. The van der Waals surface area contributed by atoms with E-state index in [4.69, 9.17) is 9.47 Å². The second-order valence-corrected chi connectivity index (χ2v) is 6.81. The Morgan fingerprint density at radius 2 is 1.95 bits per heavy atom. The van der Waals surface area contributed by atoms with Crippen LogP contribution in [0.15, 0.2) is 10.5 Å². The average molecular weight is 355 g/mol. The van der Waals surface area contributed by atoms with Crippen molar-refractivity contribution in [3.63, 3.8) is 0 Å². The third kappa shape index (κ3) is 3.20. The second kappa shape index (κ2) is 6.55. The van der Waals surface area contributed by atoms with E-state index in [1.807, 2.05) is 0 Å². The molecule has 0 radical (unpaired) electrons. The van der Waals surface area contributed by atoms with E-state index in [0.29, 0.717) is 19.1 Å². The second-order valence-electron chi connectivity index (χ2n) is 5.96. The summed E-state index contributed by atoms with van der Waals surface area (Å²) in [7, 11) is 0. The molecule has 3 rings (SSSR count). The van der Waals surface area contributed by atoms with Crippen LogP contribution in [0.1, 0.15) is 30.9 Å². The third-order valence-corrected chi connectivity index (χ3v) is 4.80. The van der Waals surface area contributed by atoms with Crippen LogP contribution in [0.4, 0.5) is 0 Å². The van der Waals surface area contributed by atoms with E-state index in [2.05, 4.69) is 46.1 Å². The summed E-state index contributed by atoms with van der Waals surface area (Å²) in [6, 6.07) is 2.07. The number of piperazine rings is 1. The molecule has 1 aromatic carbocycles. The molecular formula is C16H23BrN2O2. The van der Waals surface area contributed by atoms with Crippen molar-refractivity contribution in [2.24, 2.45) is 0 Å². The predicted octanol–water partition coefficient (Wildman–Crippen LogP) is 2.75. The third-order valence-electron chi connectivity index (χ3n) is 4.10. The van der Waals surface area contributed by atoms with Crippen LogP contribution in [0.2, 0.25) is 0 Å². The lowest BCUT2D eigenvalue weighted by Gasteiger charge is -2.31. The van der Waals surface area contributed by atoms with E-state index in [0.717, 1.165) is 48.7 Å². The first kappa shape index (κ1) is 15.1. The van der Waals surface area contributed by atoms with E-state index in [1.54, 1.807) is 0 Å². The van der Waals surface area contributed by atoms with Gasteiger partial charge in [0.1, 0.15) is 13.2 Å². The van der Waals surface area contributed by atoms with Crippen LogP contribution in [-0.2, 0) is 6.54 Å². The molecule has 2 aliphatic rings. The molecule has 116 valence electrons. The highest BCUT2D eigenvalue weighted by Crippen LogP contribution is 2.44. The van der Waals surface area contributed by atoms with Crippen LogP contribution in [0, 0.1) is 0 Å². The summed E-state index contributed by atoms with van der Waals surface area (Å²) in [6.45, 7) is 11.0. The van der Waals surface area contributed by atoms with Gasteiger partial charge in [-0.2, -0.15) is 0 Å². The Bertz CT molecular complexity index is 513. The Kier molecular flexibility index (Phi) is 4.72. The molecule has 5 heteroatoms. The number of hydrogen-bond acceptors (Lipinski definition) is 4. The smallest absolute Gasteiger partial charge is 0.165 e. The van der Waals surface area contributed by atoms with Crippen molar-refractivity contribution in [3.05, 3.63) is 21.7 Å². The molecular weight excluding hydrogens is 332 g/mol. The zero-order valence-corrected chi connectivity index (χ0v) is 14.3. The standard InChI is InChI=1S/C16H23BrN2O2/c1-11(2)15-12(10-19-5-3-18-4-6-19)13(17)9-14-16(15)21-8-7-20-14/h9,11,18H,3-8,10H2,1-2H3. The molecule has 0 aromatic heterocycles. The largest absolute Gasteiger partial charge is 0.486 e. The first-order chi connectivity index (χ1) is 10.2. The van der Waals surface area contributed by atoms with Gasteiger partial charge in [0.2, 0.25) is 0 Å². The number of nitrogens with zero attached hydrogens (tertiary/aromatic N) is 1. The summed E-state index contributed by atoms with van der Waals surface area (Å²) < 4.78 is 12.8. The van der Waals surface area contributed by atoms with Gasteiger partial charge < -0.3 is 14.8 Å². The van der Waals surface area contributed by atoms with Gasteiger partial charge in [-0.1, -0.05) is 29.8 Å². The molecule has 1 saturated heterocycles. The van der Waals surface area contributed by atoms with E-state index in [-0.39, 0.29) is 0 Å². The van der Waals surface area contributed by atoms with E-state index < -0.39 is 0 Å². The van der Waals surface area contributed by atoms with Crippen LogP contribution < -0.4 is 14.8 Å². The lowest BCUT2D eigenvalue weighted by atomic mass is 9.94. The summed E-state index contributed by atoms with van der Waals surface area (Å²) in [6.07, 6.45) is 0. The Balaban J connectivity index is 1.97. The molecule has 0 aliphatic carbocycles. The lowest BCUT2D eigenvalue weighted by Crippen LogP contribution is -2.43. The van der Waals surface area contributed by atoms with Gasteiger partial charge in [-0.25, -0.2) is 0 Å². The van der Waals surface area contributed by atoms with Crippen LogP contribution in [-0.4, -0.2) is 44.3 Å². The van der Waals surface area contributed by atoms with Crippen LogP contribution in [0.5, 0.6) is 11.5 Å². The molecule has 1 N–H and O–H groups in total. The minimum Gasteiger partial charge on any atom is -0.486 e. The molecule has 4 nitrogen and oxygen atoms in total. The summed E-state index contributed by atoms with van der Waals surface area (Å²) in [4.78, 5) is 2.50. The maximum atomic E-state index is 5.92. The van der Waals surface area contributed by atoms with Crippen LogP contribution in [0.3, 0.4) is 0 Å². The van der Waals surface area contributed by atoms with Gasteiger partial charge in [0.25, 0.3) is 0 Å². The number of fused-ring (bicyclic) bond motifs is 1. The average Bonchev–Trinajstić information content (AvgIpc) is 2.48. The maximum absolute atomic E-state index is 5.92. The fourth-order valence-corrected chi connectivity index (χ4v) is 3.63. The molecule has 0 unspecified atom stereocenters. The van der Waals surface area contributed by atoms with Crippen molar-refractivity contribution in [1.29, 1.82) is 0 Å². The Labute approximate surface area is 134 Å². The molecule has 21 heavy (non-hydrogen) atoms. The molecule has 2 heterocycles. The van der Waals surface area contributed by atoms with Crippen molar-refractivity contribution >= 4 is 15.9 Å². The first-order valence-electron chi connectivity index (χ1n) is 7.70. The Morgan fingerprint density at radius 3 is 2.67 bits per heavy atom. The van der Waals surface area contributed by atoms with Gasteiger partial charge in [-0.3, -0.25) is 4.90 Å². The fourth-order valence-electron chi connectivity index (χ4n) is 3.08. The molecule has 0 atom stereocenters. The van der Waals surface area contributed by atoms with Crippen molar-refractivity contribution in [2.75, 3.05) is 39.4 Å². The summed E-state index contributed by atoms with van der Waals surface area (Å²) in [5.41, 5.74) is 2.63. The zero-order valence-electron chi connectivity index (χ0n) is 12.7. The van der Waals surface area contributed by atoms with Gasteiger partial charge in [-0.15, -0.1) is 0 Å². The molecule has 0 bridgehead atoms. The minimum absolute atomic E-state index is 0.413. The highest BCUT2D eigenvalue weighted by Gasteiger charge is 2.25. The monoisotopic (exact) mass is 354 g/mol. The van der Waals surface area contributed by atoms with Gasteiger partial charge in [0.15, 0.2) is 11.5 Å². The number of nitrogens with one attached hydrogen (secondary N) is 1. The van der Waals surface area contributed by atoms with E-state index in [9.17, 15) is 0 Å². The van der Waals surface area contributed by atoms with Gasteiger partial charge in [0.05, 0.1) is 0 Å². The molecule has 1 aromatic rings. The van der Waals surface area contributed by atoms with Gasteiger partial charge in [-0.05, 0) is 17.5 Å². The van der Waals surface area contributed by atoms with E-state index in [1.165, 1.54) is 11.1 Å². The summed E-state index contributed by atoms with van der Waals surface area (Å²) in [5.74, 6) is 2.24. The van der Waals surface area contributed by atoms with Crippen molar-refractivity contribution in [2.45, 2.75) is 26.3 Å². The van der Waals surface area contributed by atoms with Crippen LogP contribution in [0.25, 0.3) is 0 Å². The van der Waals surface area contributed by atoms with Gasteiger partial charge in [0, 0.05) is 42.8 Å². The van der Waals surface area contributed by atoms with Crippen molar-refractivity contribution < 1.29 is 9.47 Å². The summed E-state index contributed by atoms with van der Waals surface area (Å²) in [5, 5.41) is 3.40. The molecule has 2 aliphatic heterocycles. The Hall–Kier alpha value is -0.780. The predicted molar refractivity (Wildman–Crippen MR) is 87.4 cm³/mol. The minimum atomic E-state index is 0.413. The molecule has 0 saturated carbocycles. The maximum Gasteiger partial charge on any atom is 0.165 e. The SMILES string of the molecule is CC(C)c1c(CN2CCNCC2)c(Br)cc2c1OCCO2. The normalized spacial score (nSPS) is 19.0. The number of rotatable bonds is 3. The topological polar surface area (TPSA) is 33.7 Å². The number of benzene rings is 1. The number of halogens is 1.